The van der Waals surface area contributed by atoms with Gasteiger partial charge in [-0.05, 0) is 18.2 Å². The van der Waals surface area contributed by atoms with Crippen molar-refractivity contribution in [1.82, 2.24) is 4.98 Å². The number of hydrogen-bond donors (Lipinski definition) is 2. The lowest BCUT2D eigenvalue weighted by Crippen LogP contribution is -1.99. The summed E-state index contributed by atoms with van der Waals surface area (Å²) in [6, 6.07) is 7.39. The minimum Gasteiger partial charge on any atom is -0.398 e. The Kier molecular flexibility index (Phi) is 3.03. The van der Waals surface area contributed by atoms with Gasteiger partial charge in [-0.15, -0.1) is 11.3 Å². The van der Waals surface area contributed by atoms with Crippen molar-refractivity contribution in [2.45, 2.75) is 6.54 Å². The van der Waals surface area contributed by atoms with Gasteiger partial charge in [-0.25, -0.2) is 0 Å². The Hall–Kier alpha value is -2.06. The van der Waals surface area contributed by atoms with Crippen LogP contribution in [-0.2, 0) is 6.54 Å². The van der Waals surface area contributed by atoms with Gasteiger partial charge in [0, 0.05) is 22.4 Å². The van der Waals surface area contributed by atoms with Gasteiger partial charge in [-0.2, -0.15) is 5.26 Å². The molecule has 0 aliphatic heterocycles. The van der Waals surface area contributed by atoms with Crippen molar-refractivity contribution in [3.05, 3.63) is 40.3 Å². The number of anilines is 2. The number of rotatable bonds is 3. The third-order valence-electron chi connectivity index (χ3n) is 2.12. The number of benzene rings is 1. The van der Waals surface area contributed by atoms with Gasteiger partial charge in [0.15, 0.2) is 0 Å². The van der Waals surface area contributed by atoms with Crippen molar-refractivity contribution >= 4 is 22.7 Å². The van der Waals surface area contributed by atoms with Crippen LogP contribution < -0.4 is 11.1 Å². The third-order valence-corrected chi connectivity index (χ3v) is 2.90. The first-order chi connectivity index (χ1) is 7.79. The maximum Gasteiger partial charge on any atom is 0.101 e. The molecule has 0 saturated carbocycles. The zero-order chi connectivity index (χ0) is 11.4. The quantitative estimate of drug-likeness (QED) is 0.793. The van der Waals surface area contributed by atoms with Crippen LogP contribution in [0.4, 0.5) is 11.4 Å². The molecule has 0 atom stereocenters. The largest absolute Gasteiger partial charge is 0.398 e. The molecule has 2 aromatic rings. The van der Waals surface area contributed by atoms with E-state index in [2.05, 4.69) is 16.4 Å². The van der Waals surface area contributed by atoms with E-state index >= 15 is 0 Å². The Labute approximate surface area is 97.4 Å². The summed E-state index contributed by atoms with van der Waals surface area (Å²) in [5, 5.41) is 12.0. The summed E-state index contributed by atoms with van der Waals surface area (Å²) in [6.07, 6.45) is 1.82. The maximum absolute atomic E-state index is 8.83. The molecule has 2 rings (SSSR count). The van der Waals surface area contributed by atoms with E-state index in [-0.39, 0.29) is 0 Å². The molecule has 1 aromatic heterocycles. The zero-order valence-electron chi connectivity index (χ0n) is 8.47. The molecule has 16 heavy (non-hydrogen) atoms. The molecule has 4 nitrogen and oxygen atoms in total. The molecule has 1 aromatic carbocycles. The van der Waals surface area contributed by atoms with E-state index in [9.17, 15) is 0 Å². The summed E-state index contributed by atoms with van der Waals surface area (Å²) in [4.78, 5) is 5.14. The fraction of sp³-hybridized carbons (Fsp3) is 0.0909. The molecule has 3 N–H and O–H groups in total. The number of nitrogen functional groups attached to an aromatic ring is 1. The molecule has 0 radical (unpaired) electrons. The number of hydrogen-bond acceptors (Lipinski definition) is 5. The smallest absolute Gasteiger partial charge is 0.101 e. The monoisotopic (exact) mass is 230 g/mol. The summed E-state index contributed by atoms with van der Waals surface area (Å²) in [6.45, 7) is 0.708. The molecule has 0 spiro atoms. The van der Waals surface area contributed by atoms with Gasteiger partial charge in [0.25, 0.3) is 0 Å². The first-order valence-corrected chi connectivity index (χ1v) is 5.58. The lowest BCUT2D eigenvalue weighted by Gasteiger charge is -2.05. The average Bonchev–Trinajstić information content (AvgIpc) is 2.81. The fourth-order valence-electron chi connectivity index (χ4n) is 1.28. The molecule has 0 aliphatic carbocycles. The molecule has 5 heteroatoms. The molecule has 0 aliphatic rings. The van der Waals surface area contributed by atoms with Crippen LogP contribution in [0.3, 0.4) is 0 Å². The lowest BCUT2D eigenvalue weighted by atomic mass is 10.2. The van der Waals surface area contributed by atoms with Crippen LogP contribution in [0, 0.1) is 11.3 Å². The number of nitrogens with two attached hydrogens (primary N) is 1. The minimum atomic E-state index is 0.495. The molecule has 0 fully saturated rings. The van der Waals surface area contributed by atoms with Crippen LogP contribution in [0.1, 0.15) is 10.4 Å². The van der Waals surface area contributed by atoms with Crippen LogP contribution in [-0.4, -0.2) is 4.98 Å². The van der Waals surface area contributed by atoms with Gasteiger partial charge in [0.1, 0.15) is 6.07 Å². The molecule has 0 unspecified atom stereocenters. The predicted molar refractivity (Wildman–Crippen MR) is 65.0 cm³/mol. The Balaban J connectivity index is 2.08. The van der Waals surface area contributed by atoms with E-state index < -0.39 is 0 Å². The number of aromatic nitrogens is 1. The molecule has 0 amide bonds. The van der Waals surface area contributed by atoms with Crippen molar-refractivity contribution in [3.63, 3.8) is 0 Å². The summed E-state index contributed by atoms with van der Waals surface area (Å²) < 4.78 is 0. The fourth-order valence-corrected chi connectivity index (χ4v) is 1.82. The van der Waals surface area contributed by atoms with Crippen LogP contribution in [0.5, 0.6) is 0 Å². The average molecular weight is 230 g/mol. The number of nitrogens with zero attached hydrogens (tertiary/aromatic N) is 2. The second kappa shape index (κ2) is 4.64. The van der Waals surface area contributed by atoms with E-state index in [1.165, 1.54) is 0 Å². The summed E-state index contributed by atoms with van der Waals surface area (Å²) in [5.74, 6) is 0. The van der Waals surface area contributed by atoms with Crippen LogP contribution in [0.25, 0.3) is 0 Å². The second-order valence-electron chi connectivity index (χ2n) is 3.24. The first-order valence-electron chi connectivity index (χ1n) is 4.70. The number of nitriles is 1. The number of nitrogens with one attached hydrogen (secondary N) is 1. The van der Waals surface area contributed by atoms with Crippen LogP contribution >= 0.6 is 11.3 Å². The molecule has 80 valence electrons. The van der Waals surface area contributed by atoms with Gasteiger partial charge < -0.3 is 11.1 Å². The summed E-state index contributed by atoms with van der Waals surface area (Å²) in [5.41, 5.74) is 9.31. The minimum absolute atomic E-state index is 0.495. The Morgan fingerprint density at radius 3 is 3.06 bits per heavy atom. The number of thiazole rings is 1. The van der Waals surface area contributed by atoms with Crippen LogP contribution in [0.2, 0.25) is 0 Å². The third kappa shape index (κ3) is 2.30. The van der Waals surface area contributed by atoms with Crippen molar-refractivity contribution in [2.75, 3.05) is 11.1 Å². The van der Waals surface area contributed by atoms with Gasteiger partial charge in [-0.3, -0.25) is 4.98 Å². The zero-order valence-corrected chi connectivity index (χ0v) is 9.29. The summed E-state index contributed by atoms with van der Waals surface area (Å²) >= 11 is 1.59. The van der Waals surface area contributed by atoms with E-state index in [0.717, 1.165) is 10.6 Å². The molecule has 0 saturated heterocycles. The topological polar surface area (TPSA) is 74.7 Å². The Morgan fingerprint density at radius 1 is 1.50 bits per heavy atom. The van der Waals surface area contributed by atoms with Crippen molar-refractivity contribution in [1.29, 1.82) is 5.26 Å². The first kappa shape index (κ1) is 10.5. The predicted octanol–water partition coefficient (Wildman–Crippen LogP) is 2.21. The van der Waals surface area contributed by atoms with Crippen molar-refractivity contribution in [3.8, 4) is 6.07 Å². The normalized spacial score (nSPS) is 9.69. The molecule has 0 bridgehead atoms. The van der Waals surface area contributed by atoms with Crippen LogP contribution in [0.15, 0.2) is 29.9 Å². The Morgan fingerprint density at radius 2 is 2.38 bits per heavy atom. The maximum atomic E-state index is 8.83. The van der Waals surface area contributed by atoms with Crippen molar-refractivity contribution < 1.29 is 0 Å². The van der Waals surface area contributed by atoms with E-state index in [4.69, 9.17) is 11.0 Å². The SMILES string of the molecule is N#Cc1cc(NCc2cncs2)ccc1N. The van der Waals surface area contributed by atoms with E-state index in [0.29, 0.717) is 17.8 Å². The Bertz CT molecular complexity index is 513. The van der Waals surface area contributed by atoms with Gasteiger partial charge in [-0.1, -0.05) is 0 Å². The van der Waals surface area contributed by atoms with Gasteiger partial charge >= 0.3 is 0 Å². The van der Waals surface area contributed by atoms with Gasteiger partial charge in [0.2, 0.25) is 0 Å². The summed E-state index contributed by atoms with van der Waals surface area (Å²) in [7, 11) is 0. The highest BCUT2D eigenvalue weighted by Gasteiger charge is 2.00. The highest BCUT2D eigenvalue weighted by atomic mass is 32.1. The van der Waals surface area contributed by atoms with Crippen molar-refractivity contribution in [2.24, 2.45) is 0 Å². The highest BCUT2D eigenvalue weighted by molar-refractivity contribution is 7.09. The standard InChI is InChI=1S/C11H10N4S/c12-4-8-3-9(1-2-11(8)13)15-6-10-5-14-7-16-10/h1-3,5,7,15H,6,13H2. The van der Waals surface area contributed by atoms with E-state index in [1.807, 2.05) is 12.3 Å². The molecular weight excluding hydrogens is 220 g/mol. The second-order valence-corrected chi connectivity index (χ2v) is 4.21. The van der Waals surface area contributed by atoms with Gasteiger partial charge in [0.05, 0.1) is 17.6 Å². The van der Waals surface area contributed by atoms with E-state index in [1.54, 1.807) is 29.0 Å². The molecule has 1 heterocycles. The molecular formula is C11H10N4S. The lowest BCUT2D eigenvalue weighted by molar-refractivity contribution is 1.17. The highest BCUT2D eigenvalue weighted by Crippen LogP contribution is 2.18.